The molecule has 166 valence electrons. The molecule has 1 aromatic carbocycles. The molecule has 5 rings (SSSR count). The zero-order valence-electron chi connectivity index (χ0n) is 17.6. The summed E-state index contributed by atoms with van der Waals surface area (Å²) in [5.41, 5.74) is 8.43. The summed E-state index contributed by atoms with van der Waals surface area (Å²) in [6.07, 6.45) is 5.55. The van der Waals surface area contributed by atoms with Crippen LogP contribution in [0.25, 0.3) is 22.3 Å². The predicted octanol–water partition coefficient (Wildman–Crippen LogP) is 2.22. The Balaban J connectivity index is 1.40. The standard InChI is InChI=1S/C23H25N5O4/c24-22(29)28-10-11-31-17(13-28)14-32-21-20-19(25-8-9-26-20)12-18(27-21)15-2-4-16(5-3-15)23(30)6-1-7-23/h2-5,8-9,12,17,30H,1,6-7,10-11,13-14H2,(H2,24,29)/t17-/m0/s1. The highest BCUT2D eigenvalue weighted by Crippen LogP contribution is 2.41. The Kier molecular flexibility index (Phi) is 5.36. The number of nitrogens with zero attached hydrogens (tertiary/aromatic N) is 4. The van der Waals surface area contributed by atoms with Crippen molar-refractivity contribution in [3.63, 3.8) is 0 Å². The van der Waals surface area contributed by atoms with Crippen molar-refractivity contribution < 1.29 is 19.4 Å². The second-order valence-electron chi connectivity index (χ2n) is 8.29. The van der Waals surface area contributed by atoms with E-state index in [4.69, 9.17) is 15.2 Å². The lowest BCUT2D eigenvalue weighted by atomic mass is 9.75. The molecule has 9 nitrogen and oxygen atoms in total. The number of pyridine rings is 1. The van der Waals surface area contributed by atoms with Crippen molar-refractivity contribution in [3.8, 4) is 17.1 Å². The first kappa shape index (κ1) is 20.6. The van der Waals surface area contributed by atoms with Crippen molar-refractivity contribution in [1.82, 2.24) is 19.9 Å². The van der Waals surface area contributed by atoms with Crippen LogP contribution in [0, 0.1) is 0 Å². The number of fused-ring (bicyclic) bond motifs is 1. The van der Waals surface area contributed by atoms with Gasteiger partial charge in [0, 0.05) is 24.5 Å². The largest absolute Gasteiger partial charge is 0.473 e. The zero-order chi connectivity index (χ0) is 22.1. The topological polar surface area (TPSA) is 124 Å². The summed E-state index contributed by atoms with van der Waals surface area (Å²) in [7, 11) is 0. The first-order valence-electron chi connectivity index (χ1n) is 10.8. The Morgan fingerprint density at radius 2 is 2.03 bits per heavy atom. The molecule has 0 bridgehead atoms. The fourth-order valence-corrected chi connectivity index (χ4v) is 4.14. The molecule has 3 N–H and O–H groups in total. The summed E-state index contributed by atoms with van der Waals surface area (Å²) in [6.45, 7) is 1.45. The van der Waals surface area contributed by atoms with Gasteiger partial charge in [-0.05, 0) is 30.9 Å². The zero-order valence-corrected chi connectivity index (χ0v) is 17.6. The van der Waals surface area contributed by atoms with Gasteiger partial charge in [0.1, 0.15) is 12.7 Å². The van der Waals surface area contributed by atoms with Crippen molar-refractivity contribution in [3.05, 3.63) is 48.3 Å². The van der Waals surface area contributed by atoms with Gasteiger partial charge in [-0.15, -0.1) is 0 Å². The van der Waals surface area contributed by atoms with Gasteiger partial charge in [-0.3, -0.25) is 4.98 Å². The quantitative estimate of drug-likeness (QED) is 0.630. The van der Waals surface area contributed by atoms with Crippen molar-refractivity contribution in [2.24, 2.45) is 5.73 Å². The normalized spacial score (nSPS) is 20.0. The molecule has 0 unspecified atom stereocenters. The molecule has 9 heteroatoms. The number of carbonyl (C=O) groups excluding carboxylic acids is 1. The van der Waals surface area contributed by atoms with E-state index in [-0.39, 0.29) is 12.7 Å². The van der Waals surface area contributed by atoms with E-state index in [0.717, 1.165) is 30.4 Å². The summed E-state index contributed by atoms with van der Waals surface area (Å²) < 4.78 is 11.7. The number of hydrogen-bond donors (Lipinski definition) is 2. The number of aromatic nitrogens is 3. The molecule has 2 aromatic heterocycles. The number of rotatable bonds is 5. The third-order valence-corrected chi connectivity index (χ3v) is 6.18. The summed E-state index contributed by atoms with van der Waals surface area (Å²) in [5, 5.41) is 10.6. The van der Waals surface area contributed by atoms with Gasteiger partial charge in [-0.1, -0.05) is 24.3 Å². The molecule has 3 heterocycles. The highest BCUT2D eigenvalue weighted by atomic mass is 16.5. The van der Waals surface area contributed by atoms with Crippen LogP contribution >= 0.6 is 0 Å². The van der Waals surface area contributed by atoms with Crippen molar-refractivity contribution in [2.75, 3.05) is 26.3 Å². The predicted molar refractivity (Wildman–Crippen MR) is 117 cm³/mol. The highest BCUT2D eigenvalue weighted by Gasteiger charge is 2.36. The fourth-order valence-electron chi connectivity index (χ4n) is 4.14. The van der Waals surface area contributed by atoms with Crippen LogP contribution in [-0.2, 0) is 10.3 Å². The first-order chi connectivity index (χ1) is 15.5. The first-order valence-corrected chi connectivity index (χ1v) is 10.8. The van der Waals surface area contributed by atoms with Crippen LogP contribution < -0.4 is 10.5 Å². The van der Waals surface area contributed by atoms with Gasteiger partial charge in [-0.25, -0.2) is 14.8 Å². The summed E-state index contributed by atoms with van der Waals surface area (Å²) in [6, 6.07) is 9.21. The number of aliphatic hydroxyl groups is 1. The molecule has 2 fully saturated rings. The molecule has 1 aliphatic carbocycles. The number of amides is 2. The van der Waals surface area contributed by atoms with E-state index >= 15 is 0 Å². The number of hydrogen-bond acceptors (Lipinski definition) is 7. The van der Waals surface area contributed by atoms with Crippen LogP contribution in [-0.4, -0.2) is 63.4 Å². The number of carbonyl (C=O) groups is 1. The van der Waals surface area contributed by atoms with Gasteiger partial charge >= 0.3 is 6.03 Å². The van der Waals surface area contributed by atoms with Crippen LogP contribution in [0.3, 0.4) is 0 Å². The number of primary amides is 1. The summed E-state index contributed by atoms with van der Waals surface area (Å²) >= 11 is 0. The van der Waals surface area contributed by atoms with Crippen LogP contribution in [0.4, 0.5) is 4.79 Å². The van der Waals surface area contributed by atoms with Gasteiger partial charge in [-0.2, -0.15) is 0 Å². The van der Waals surface area contributed by atoms with E-state index in [1.54, 1.807) is 12.4 Å². The SMILES string of the molecule is NC(=O)N1CCO[C@H](COc2nc(-c3ccc(C4(O)CCC4)cc3)cc3nccnc23)C1. The molecule has 0 radical (unpaired) electrons. The van der Waals surface area contributed by atoms with E-state index in [1.807, 2.05) is 30.3 Å². The molecular formula is C23H25N5O4. The van der Waals surface area contributed by atoms with Gasteiger partial charge in [0.05, 0.1) is 30.0 Å². The molecule has 1 saturated carbocycles. The molecular weight excluding hydrogens is 410 g/mol. The highest BCUT2D eigenvalue weighted by molar-refractivity contribution is 5.83. The van der Waals surface area contributed by atoms with Crippen molar-refractivity contribution in [1.29, 1.82) is 0 Å². The van der Waals surface area contributed by atoms with Crippen LogP contribution in [0.1, 0.15) is 24.8 Å². The Morgan fingerprint density at radius 3 is 2.75 bits per heavy atom. The Hall–Kier alpha value is -3.30. The van der Waals surface area contributed by atoms with Crippen LogP contribution in [0.5, 0.6) is 5.88 Å². The van der Waals surface area contributed by atoms with E-state index in [0.29, 0.717) is 42.3 Å². The summed E-state index contributed by atoms with van der Waals surface area (Å²) in [4.78, 5) is 26.5. The summed E-state index contributed by atoms with van der Waals surface area (Å²) in [5.74, 6) is 0.354. The molecule has 1 saturated heterocycles. The van der Waals surface area contributed by atoms with Crippen molar-refractivity contribution in [2.45, 2.75) is 31.0 Å². The van der Waals surface area contributed by atoms with Gasteiger partial charge in [0.2, 0.25) is 5.88 Å². The van der Waals surface area contributed by atoms with Gasteiger partial charge in [0.25, 0.3) is 0 Å². The third kappa shape index (κ3) is 3.96. The lowest BCUT2D eigenvalue weighted by Gasteiger charge is -2.37. The second-order valence-corrected chi connectivity index (χ2v) is 8.29. The maximum Gasteiger partial charge on any atom is 0.314 e. The minimum atomic E-state index is -0.701. The molecule has 32 heavy (non-hydrogen) atoms. The number of ether oxygens (including phenoxy) is 2. The van der Waals surface area contributed by atoms with Crippen molar-refractivity contribution >= 4 is 17.1 Å². The monoisotopic (exact) mass is 435 g/mol. The Bertz CT molecular complexity index is 1130. The van der Waals surface area contributed by atoms with E-state index in [2.05, 4.69) is 15.0 Å². The molecule has 0 spiro atoms. The average Bonchev–Trinajstić information content (AvgIpc) is 2.81. The third-order valence-electron chi connectivity index (χ3n) is 6.18. The lowest BCUT2D eigenvalue weighted by Crippen LogP contribution is -2.49. The Labute approximate surface area is 185 Å². The van der Waals surface area contributed by atoms with E-state index in [9.17, 15) is 9.90 Å². The minimum absolute atomic E-state index is 0.206. The maximum atomic E-state index is 11.5. The molecule has 2 amide bonds. The number of nitrogens with two attached hydrogens (primary N) is 1. The van der Waals surface area contributed by atoms with Crippen LogP contribution in [0.15, 0.2) is 42.7 Å². The number of urea groups is 1. The average molecular weight is 435 g/mol. The smallest absolute Gasteiger partial charge is 0.314 e. The second kappa shape index (κ2) is 8.33. The fraction of sp³-hybridized carbons (Fsp3) is 0.391. The Morgan fingerprint density at radius 1 is 1.25 bits per heavy atom. The molecule has 2 aliphatic rings. The van der Waals surface area contributed by atoms with Gasteiger partial charge in [0.15, 0.2) is 5.52 Å². The molecule has 1 aliphatic heterocycles. The number of benzene rings is 1. The van der Waals surface area contributed by atoms with Gasteiger partial charge < -0.3 is 25.2 Å². The minimum Gasteiger partial charge on any atom is -0.473 e. The molecule has 3 aromatic rings. The maximum absolute atomic E-state index is 11.5. The van der Waals surface area contributed by atoms with Crippen LogP contribution in [0.2, 0.25) is 0 Å². The van der Waals surface area contributed by atoms with E-state index in [1.165, 1.54) is 4.90 Å². The van der Waals surface area contributed by atoms with E-state index < -0.39 is 11.6 Å². The number of morpholine rings is 1. The molecule has 1 atom stereocenters. The lowest BCUT2D eigenvalue weighted by molar-refractivity contribution is -0.0387.